The Morgan fingerprint density at radius 2 is 1.82 bits per heavy atom. The van der Waals surface area contributed by atoms with Crippen LogP contribution in [0.5, 0.6) is 5.75 Å². The van der Waals surface area contributed by atoms with Gasteiger partial charge in [-0.15, -0.1) is 0 Å². The predicted molar refractivity (Wildman–Crippen MR) is 163 cm³/mol. The molecule has 45 heavy (non-hydrogen) atoms. The van der Waals surface area contributed by atoms with Crippen molar-refractivity contribution in [3.8, 4) is 11.8 Å². The molecule has 0 aliphatic carbocycles. The van der Waals surface area contributed by atoms with Gasteiger partial charge in [0.1, 0.15) is 36.2 Å². The number of anilines is 1. The summed E-state index contributed by atoms with van der Waals surface area (Å²) >= 11 is 0. The Hall–Kier alpha value is -4.28. The highest BCUT2D eigenvalue weighted by molar-refractivity contribution is 7.52. The van der Waals surface area contributed by atoms with Crippen molar-refractivity contribution in [2.45, 2.75) is 56.3 Å². The lowest BCUT2D eigenvalue weighted by Gasteiger charge is -2.27. The molecule has 0 saturated carbocycles. The van der Waals surface area contributed by atoms with Crippen LogP contribution in [-0.4, -0.2) is 62.9 Å². The molecule has 2 aromatic heterocycles. The highest BCUT2D eigenvalue weighted by atomic mass is 31.2. The number of benzene rings is 2. The molecule has 4 aromatic rings. The van der Waals surface area contributed by atoms with Crippen LogP contribution in [0.25, 0.3) is 5.52 Å². The molecule has 0 spiro atoms. The summed E-state index contributed by atoms with van der Waals surface area (Å²) in [6.45, 7) is 2.78. The van der Waals surface area contributed by atoms with Crippen LogP contribution in [0.3, 0.4) is 0 Å². The predicted octanol–water partition coefficient (Wildman–Crippen LogP) is 3.11. The molecule has 236 valence electrons. The molecule has 1 unspecified atom stereocenters. The van der Waals surface area contributed by atoms with E-state index in [1.807, 2.05) is 12.1 Å². The lowest BCUT2D eigenvalue weighted by molar-refractivity contribution is -0.149. The number of hydrogen-bond donors (Lipinski definition) is 4. The number of aliphatic hydroxyl groups is 2. The Labute approximate surface area is 259 Å². The van der Waals surface area contributed by atoms with Gasteiger partial charge in [0.25, 0.3) is 0 Å². The first-order chi connectivity index (χ1) is 21.5. The standard InChI is InChI=1S/C31H34N5O8P/c1-20(2)42-30(39)24(17-21-9-5-3-6-10-21)35-45(40,44-22-11-7-4-8-12-22)41-18-26-28(37)29(38)31(19-32,43-26)27-14-13-25-23(33)15-16-34-36(25)27/h3-16,20,24,26,28-29,37-38H,17-18,33H2,1-2H3,(H,35,40)/t24-,26+,28+,29+,31-,45?/m0/s1. The number of fused-ring (bicyclic) bond motifs is 1. The van der Waals surface area contributed by atoms with E-state index in [1.54, 1.807) is 80.6 Å². The zero-order valence-electron chi connectivity index (χ0n) is 24.6. The van der Waals surface area contributed by atoms with Crippen molar-refractivity contribution in [3.63, 3.8) is 0 Å². The third-order valence-electron chi connectivity index (χ3n) is 7.20. The van der Waals surface area contributed by atoms with E-state index in [1.165, 1.54) is 16.8 Å². The largest absolute Gasteiger partial charge is 0.462 e. The first kappa shape index (κ1) is 32.1. The van der Waals surface area contributed by atoms with Crippen molar-refractivity contribution in [1.29, 1.82) is 5.26 Å². The van der Waals surface area contributed by atoms with Crippen LogP contribution in [0.15, 0.2) is 85.1 Å². The molecule has 5 N–H and O–H groups in total. The van der Waals surface area contributed by atoms with E-state index in [0.717, 1.165) is 5.56 Å². The van der Waals surface area contributed by atoms with Gasteiger partial charge in [0.2, 0.25) is 5.60 Å². The van der Waals surface area contributed by atoms with Crippen molar-refractivity contribution >= 4 is 24.9 Å². The van der Waals surface area contributed by atoms with Crippen LogP contribution in [0.2, 0.25) is 0 Å². The van der Waals surface area contributed by atoms with Crippen LogP contribution in [0.1, 0.15) is 25.1 Å². The number of aliphatic hydroxyl groups excluding tert-OH is 2. The minimum atomic E-state index is -4.43. The molecule has 1 saturated heterocycles. The van der Waals surface area contributed by atoms with Gasteiger partial charge in [-0.1, -0.05) is 48.5 Å². The fraction of sp³-hybridized carbons (Fsp3) is 0.323. The summed E-state index contributed by atoms with van der Waals surface area (Å²) < 4.78 is 38.7. The number of nitriles is 1. The number of carbonyl (C=O) groups is 1. The van der Waals surface area contributed by atoms with E-state index in [-0.39, 0.29) is 17.9 Å². The number of aromatic nitrogens is 2. The molecule has 5 rings (SSSR count). The van der Waals surface area contributed by atoms with E-state index in [2.05, 4.69) is 10.2 Å². The average Bonchev–Trinajstić information content (AvgIpc) is 3.57. The van der Waals surface area contributed by atoms with Gasteiger partial charge in [0.15, 0.2) is 0 Å². The van der Waals surface area contributed by atoms with Crippen molar-refractivity contribution < 1.29 is 38.1 Å². The number of nitrogens with one attached hydrogen (secondary N) is 1. The normalized spacial score (nSPS) is 23.3. The molecular weight excluding hydrogens is 601 g/mol. The number of nitrogen functional groups attached to an aromatic ring is 1. The minimum Gasteiger partial charge on any atom is -0.462 e. The smallest absolute Gasteiger partial charge is 0.459 e. The van der Waals surface area contributed by atoms with Crippen molar-refractivity contribution in [2.75, 3.05) is 12.3 Å². The van der Waals surface area contributed by atoms with Gasteiger partial charge >= 0.3 is 13.7 Å². The Balaban J connectivity index is 1.42. The Morgan fingerprint density at radius 1 is 1.13 bits per heavy atom. The average molecular weight is 636 g/mol. The number of hydrogen-bond acceptors (Lipinski definition) is 11. The third kappa shape index (κ3) is 6.87. The third-order valence-corrected chi connectivity index (χ3v) is 8.77. The number of nitrogens with two attached hydrogens (primary N) is 1. The lowest BCUT2D eigenvalue weighted by atomic mass is 9.92. The second-order valence-electron chi connectivity index (χ2n) is 10.8. The summed E-state index contributed by atoms with van der Waals surface area (Å²) in [6, 6.07) is 22.7. The highest BCUT2D eigenvalue weighted by Crippen LogP contribution is 2.47. The van der Waals surface area contributed by atoms with Gasteiger partial charge in [0, 0.05) is 6.20 Å². The van der Waals surface area contributed by atoms with E-state index in [0.29, 0.717) is 11.2 Å². The number of esters is 1. The Bertz CT molecular complexity index is 1710. The van der Waals surface area contributed by atoms with Crippen LogP contribution >= 0.6 is 7.75 Å². The maximum atomic E-state index is 14.3. The molecule has 2 aromatic carbocycles. The van der Waals surface area contributed by atoms with Gasteiger partial charge in [-0.2, -0.15) is 15.4 Å². The maximum Gasteiger partial charge on any atom is 0.459 e. The molecule has 3 heterocycles. The van der Waals surface area contributed by atoms with E-state index < -0.39 is 56.4 Å². The van der Waals surface area contributed by atoms with Gasteiger partial charge in [-0.05, 0) is 56.2 Å². The second kappa shape index (κ2) is 13.4. The van der Waals surface area contributed by atoms with Crippen molar-refractivity contribution in [3.05, 3.63) is 96.3 Å². The van der Waals surface area contributed by atoms with E-state index >= 15 is 0 Å². The molecule has 0 amide bonds. The zero-order valence-corrected chi connectivity index (χ0v) is 25.5. The molecule has 13 nitrogen and oxygen atoms in total. The quantitative estimate of drug-likeness (QED) is 0.132. The van der Waals surface area contributed by atoms with Gasteiger partial charge < -0.3 is 29.9 Å². The molecule has 0 bridgehead atoms. The molecule has 1 aliphatic heterocycles. The van der Waals surface area contributed by atoms with Crippen LogP contribution in [0.4, 0.5) is 5.69 Å². The SMILES string of the molecule is CC(C)OC(=O)[C@H](Cc1ccccc1)NP(=O)(OC[C@H]1O[C@@](C#N)(c2ccc3c(N)ccnn23)[C@H](O)[C@@H]1O)Oc1ccccc1. The molecule has 0 radical (unpaired) electrons. The number of nitrogens with zero attached hydrogens (tertiary/aromatic N) is 3. The van der Waals surface area contributed by atoms with Crippen LogP contribution in [-0.2, 0) is 35.4 Å². The molecule has 1 fully saturated rings. The fourth-order valence-corrected chi connectivity index (χ4v) is 6.55. The fourth-order valence-electron chi connectivity index (χ4n) is 5.05. The number of ether oxygens (including phenoxy) is 2. The maximum absolute atomic E-state index is 14.3. The van der Waals surface area contributed by atoms with Gasteiger partial charge in [-0.25, -0.2) is 9.08 Å². The molecule has 1 aliphatic rings. The summed E-state index contributed by atoms with van der Waals surface area (Å²) in [5.41, 5.74) is 5.69. The van der Waals surface area contributed by atoms with Crippen LogP contribution in [0, 0.1) is 11.3 Å². The number of para-hydroxylation sites is 1. The van der Waals surface area contributed by atoms with E-state index in [9.17, 15) is 24.8 Å². The number of rotatable bonds is 12. The van der Waals surface area contributed by atoms with Gasteiger partial charge in [0.05, 0.1) is 29.6 Å². The topological polar surface area (TPSA) is 191 Å². The lowest BCUT2D eigenvalue weighted by Crippen LogP contribution is -2.41. The molecule has 14 heteroatoms. The van der Waals surface area contributed by atoms with E-state index in [4.69, 9.17) is 24.3 Å². The summed E-state index contributed by atoms with van der Waals surface area (Å²) in [5.74, 6) is -0.510. The first-order valence-corrected chi connectivity index (χ1v) is 15.8. The first-order valence-electron chi connectivity index (χ1n) is 14.2. The zero-order chi connectivity index (χ0) is 32.2. The summed E-state index contributed by atoms with van der Waals surface area (Å²) in [6.07, 6.45) is -3.68. The Kier molecular flexibility index (Phi) is 9.55. The highest BCUT2D eigenvalue weighted by Gasteiger charge is 2.58. The second-order valence-corrected chi connectivity index (χ2v) is 12.5. The molecular formula is C31H34N5O8P. The van der Waals surface area contributed by atoms with Crippen molar-refractivity contribution in [2.24, 2.45) is 0 Å². The van der Waals surface area contributed by atoms with Crippen LogP contribution < -0.4 is 15.3 Å². The minimum absolute atomic E-state index is 0.0914. The Morgan fingerprint density at radius 3 is 2.49 bits per heavy atom. The summed E-state index contributed by atoms with van der Waals surface area (Å²) in [5, 5.41) is 39.3. The molecule has 6 atom stereocenters. The summed E-state index contributed by atoms with van der Waals surface area (Å²) in [7, 11) is -4.43. The van der Waals surface area contributed by atoms with Crippen molar-refractivity contribution in [1.82, 2.24) is 14.7 Å². The van der Waals surface area contributed by atoms with Gasteiger partial charge in [-0.3, -0.25) is 9.32 Å². The summed E-state index contributed by atoms with van der Waals surface area (Å²) in [4.78, 5) is 13.2. The monoisotopic (exact) mass is 635 g/mol. The number of carbonyl (C=O) groups excluding carboxylic acids is 1.